The lowest BCUT2D eigenvalue weighted by molar-refractivity contribution is -0.407. The van der Waals surface area contributed by atoms with Gasteiger partial charge in [0.25, 0.3) is 0 Å². The molecule has 1 unspecified atom stereocenters. The summed E-state index contributed by atoms with van der Waals surface area (Å²) in [5.41, 5.74) is 0.509. The Morgan fingerprint density at radius 2 is 1.56 bits per heavy atom. The maximum atomic E-state index is 5.78. The lowest BCUT2D eigenvalue weighted by Gasteiger charge is -2.32. The van der Waals surface area contributed by atoms with Crippen molar-refractivity contribution in [3.05, 3.63) is 35.9 Å². The second-order valence-corrected chi connectivity index (χ2v) is 5.98. The van der Waals surface area contributed by atoms with Crippen molar-refractivity contribution in [1.82, 2.24) is 0 Å². The summed E-state index contributed by atoms with van der Waals surface area (Å²) in [5.74, 6) is 0. The van der Waals surface area contributed by atoms with E-state index in [0.717, 1.165) is 19.3 Å². The zero-order valence-corrected chi connectivity index (χ0v) is 12.3. The lowest BCUT2D eigenvalue weighted by atomic mass is 9.90. The molecule has 18 heavy (non-hydrogen) atoms. The Morgan fingerprint density at radius 1 is 0.944 bits per heavy atom. The van der Waals surface area contributed by atoms with E-state index in [1.165, 1.54) is 5.56 Å². The first-order chi connectivity index (χ1) is 8.37. The van der Waals surface area contributed by atoms with Gasteiger partial charge in [-0.05, 0) is 39.7 Å². The average molecular weight is 250 g/mol. The largest absolute Gasteiger partial charge is 0.230 e. The van der Waals surface area contributed by atoms with Crippen LogP contribution in [0.25, 0.3) is 0 Å². The Morgan fingerprint density at radius 3 is 2.06 bits per heavy atom. The zero-order valence-electron chi connectivity index (χ0n) is 12.3. The van der Waals surface area contributed by atoms with E-state index in [0.29, 0.717) is 0 Å². The van der Waals surface area contributed by atoms with Gasteiger partial charge in [0.2, 0.25) is 0 Å². The van der Waals surface area contributed by atoms with Crippen molar-refractivity contribution in [2.45, 2.75) is 65.1 Å². The smallest absolute Gasteiger partial charge is 0.126 e. The number of rotatable bonds is 6. The fourth-order valence-electron chi connectivity index (χ4n) is 1.76. The SMILES string of the molecule is CCCCC(C)(OOC(C)(C)C)c1ccccc1. The summed E-state index contributed by atoms with van der Waals surface area (Å²) in [4.78, 5) is 11.3. The molecule has 1 atom stereocenters. The Labute approximate surface area is 111 Å². The van der Waals surface area contributed by atoms with E-state index >= 15 is 0 Å². The Bertz CT molecular complexity index is 340. The highest BCUT2D eigenvalue weighted by Gasteiger charge is 2.30. The van der Waals surface area contributed by atoms with Gasteiger partial charge in [-0.3, -0.25) is 0 Å². The van der Waals surface area contributed by atoms with Crippen LogP contribution in [0.1, 0.15) is 59.4 Å². The van der Waals surface area contributed by atoms with Crippen molar-refractivity contribution in [1.29, 1.82) is 0 Å². The van der Waals surface area contributed by atoms with Crippen molar-refractivity contribution in [2.75, 3.05) is 0 Å². The highest BCUT2D eigenvalue weighted by atomic mass is 17.2. The molecule has 1 aromatic rings. The molecule has 2 nitrogen and oxygen atoms in total. The molecule has 0 saturated carbocycles. The molecule has 0 N–H and O–H groups in total. The van der Waals surface area contributed by atoms with Gasteiger partial charge >= 0.3 is 0 Å². The van der Waals surface area contributed by atoms with E-state index in [9.17, 15) is 0 Å². The molecule has 0 amide bonds. The summed E-state index contributed by atoms with van der Waals surface area (Å²) in [7, 11) is 0. The zero-order chi connectivity index (χ0) is 13.6. The summed E-state index contributed by atoms with van der Waals surface area (Å²) >= 11 is 0. The third-order valence-corrected chi connectivity index (χ3v) is 2.87. The van der Waals surface area contributed by atoms with Gasteiger partial charge < -0.3 is 0 Å². The minimum atomic E-state index is -0.370. The molecule has 1 rings (SSSR count). The van der Waals surface area contributed by atoms with E-state index in [-0.39, 0.29) is 11.2 Å². The van der Waals surface area contributed by atoms with Crippen LogP contribution in [-0.2, 0) is 15.4 Å². The molecule has 0 spiro atoms. The minimum Gasteiger partial charge on any atom is -0.230 e. The Balaban J connectivity index is 2.82. The molecular weight excluding hydrogens is 224 g/mol. The van der Waals surface area contributed by atoms with E-state index in [1.807, 2.05) is 39.0 Å². The molecule has 2 heteroatoms. The first-order valence-electron chi connectivity index (χ1n) is 6.80. The second kappa shape index (κ2) is 6.35. The first-order valence-corrected chi connectivity index (χ1v) is 6.80. The topological polar surface area (TPSA) is 18.5 Å². The highest BCUT2D eigenvalue weighted by Crippen LogP contribution is 2.32. The molecule has 0 bridgehead atoms. The second-order valence-electron chi connectivity index (χ2n) is 5.98. The number of unbranched alkanes of at least 4 members (excludes halogenated alkanes) is 1. The number of benzene rings is 1. The average Bonchev–Trinajstić information content (AvgIpc) is 2.34. The molecule has 0 aliphatic carbocycles. The van der Waals surface area contributed by atoms with Gasteiger partial charge in [-0.25, -0.2) is 9.78 Å². The van der Waals surface area contributed by atoms with Gasteiger partial charge in [0.1, 0.15) is 5.60 Å². The normalized spacial score (nSPS) is 15.4. The van der Waals surface area contributed by atoms with Crippen LogP contribution in [0.15, 0.2) is 30.3 Å². The van der Waals surface area contributed by atoms with Crippen molar-refractivity contribution in [3.63, 3.8) is 0 Å². The molecule has 0 aromatic heterocycles. The molecule has 0 fully saturated rings. The van der Waals surface area contributed by atoms with Gasteiger partial charge in [0.05, 0.1) is 5.60 Å². The number of hydrogen-bond acceptors (Lipinski definition) is 2. The van der Waals surface area contributed by atoms with Crippen LogP contribution in [0.3, 0.4) is 0 Å². The molecule has 0 radical (unpaired) electrons. The quantitative estimate of drug-likeness (QED) is 0.531. The monoisotopic (exact) mass is 250 g/mol. The molecule has 0 aliphatic heterocycles. The first kappa shape index (κ1) is 15.2. The minimum absolute atomic E-state index is 0.289. The van der Waals surface area contributed by atoms with Crippen molar-refractivity contribution in [3.8, 4) is 0 Å². The van der Waals surface area contributed by atoms with Crippen LogP contribution in [0.2, 0.25) is 0 Å². The third kappa shape index (κ3) is 4.79. The number of hydrogen-bond donors (Lipinski definition) is 0. The third-order valence-electron chi connectivity index (χ3n) is 2.87. The van der Waals surface area contributed by atoms with Crippen LogP contribution >= 0.6 is 0 Å². The Kier molecular flexibility index (Phi) is 5.36. The predicted molar refractivity (Wildman–Crippen MR) is 75.2 cm³/mol. The molecule has 0 heterocycles. The lowest BCUT2D eigenvalue weighted by Crippen LogP contribution is -2.31. The van der Waals surface area contributed by atoms with Gasteiger partial charge in [0, 0.05) is 0 Å². The fourth-order valence-corrected chi connectivity index (χ4v) is 1.76. The molecule has 0 aliphatic rings. The van der Waals surface area contributed by atoms with Crippen LogP contribution in [0, 0.1) is 0 Å². The van der Waals surface area contributed by atoms with Crippen LogP contribution in [0.4, 0.5) is 0 Å². The summed E-state index contributed by atoms with van der Waals surface area (Å²) in [6, 6.07) is 10.3. The van der Waals surface area contributed by atoms with Gasteiger partial charge in [0.15, 0.2) is 0 Å². The highest BCUT2D eigenvalue weighted by molar-refractivity contribution is 5.21. The Hall–Kier alpha value is -0.860. The molecule has 0 saturated heterocycles. The van der Waals surface area contributed by atoms with Gasteiger partial charge in [-0.1, -0.05) is 50.1 Å². The molecular formula is C16H26O2. The maximum absolute atomic E-state index is 5.78. The molecule has 1 aromatic carbocycles. The standard InChI is InChI=1S/C16H26O2/c1-6-7-13-16(5,18-17-15(2,3)4)14-11-9-8-10-12-14/h8-12H,6-7,13H2,1-5H3. The van der Waals surface area contributed by atoms with Gasteiger partial charge in [-0.15, -0.1) is 0 Å². The maximum Gasteiger partial charge on any atom is 0.126 e. The fraction of sp³-hybridized carbons (Fsp3) is 0.625. The van der Waals surface area contributed by atoms with Crippen LogP contribution in [0.5, 0.6) is 0 Å². The van der Waals surface area contributed by atoms with Crippen molar-refractivity contribution in [2.24, 2.45) is 0 Å². The van der Waals surface area contributed by atoms with Crippen LogP contribution < -0.4 is 0 Å². The summed E-state index contributed by atoms with van der Waals surface area (Å²) in [6.07, 6.45) is 3.24. The summed E-state index contributed by atoms with van der Waals surface area (Å²) < 4.78 is 0. The summed E-state index contributed by atoms with van der Waals surface area (Å²) in [6.45, 7) is 10.3. The van der Waals surface area contributed by atoms with Gasteiger partial charge in [-0.2, -0.15) is 0 Å². The van der Waals surface area contributed by atoms with E-state index in [2.05, 4.69) is 26.0 Å². The predicted octanol–water partition coefficient (Wildman–Crippen LogP) is 4.84. The van der Waals surface area contributed by atoms with E-state index in [1.54, 1.807) is 0 Å². The van der Waals surface area contributed by atoms with E-state index in [4.69, 9.17) is 9.78 Å². The summed E-state index contributed by atoms with van der Waals surface area (Å²) in [5, 5.41) is 0. The van der Waals surface area contributed by atoms with Crippen LogP contribution in [-0.4, -0.2) is 5.60 Å². The molecule has 102 valence electrons. The van der Waals surface area contributed by atoms with Crippen molar-refractivity contribution < 1.29 is 9.78 Å². The van der Waals surface area contributed by atoms with E-state index < -0.39 is 0 Å². The van der Waals surface area contributed by atoms with Crippen molar-refractivity contribution >= 4 is 0 Å².